The van der Waals surface area contributed by atoms with Gasteiger partial charge in [0, 0.05) is 0 Å². The number of fused-ring (bicyclic) bond motifs is 5. The predicted octanol–water partition coefficient (Wildman–Crippen LogP) is 1.00. The number of allylic oxidation sites excluding steroid dienone is 2. The molecule has 376 valence electrons. The number of hydrogen-bond acceptors (Lipinski definition) is 17. The lowest BCUT2D eigenvalue weighted by Gasteiger charge is -2.70. The summed E-state index contributed by atoms with van der Waals surface area (Å²) in [4.78, 5) is 0. The fourth-order valence-corrected chi connectivity index (χ4v) is 14.9. The third-order valence-electron chi connectivity index (χ3n) is 18.8. The van der Waals surface area contributed by atoms with Gasteiger partial charge in [-0.05, 0) is 130 Å². The first-order chi connectivity index (χ1) is 30.4. The van der Waals surface area contributed by atoms with Crippen LogP contribution in [0.2, 0.25) is 0 Å². The highest BCUT2D eigenvalue weighted by atomic mass is 16.8. The largest absolute Gasteiger partial charge is 0.394 e. The molecule has 24 atom stereocenters. The van der Waals surface area contributed by atoms with Crippen molar-refractivity contribution in [2.75, 3.05) is 19.8 Å². The summed E-state index contributed by atoms with van der Waals surface area (Å²) in [5.41, 5.74) is -0.159. The van der Waals surface area contributed by atoms with Gasteiger partial charge in [0.25, 0.3) is 0 Å². The van der Waals surface area contributed by atoms with E-state index < -0.39 is 129 Å². The van der Waals surface area contributed by atoms with Crippen LogP contribution in [0.25, 0.3) is 0 Å². The zero-order valence-electron chi connectivity index (χ0n) is 39.7. The average molecular weight is 931 g/mol. The van der Waals surface area contributed by atoms with Gasteiger partial charge < -0.3 is 84.6 Å². The summed E-state index contributed by atoms with van der Waals surface area (Å²) in [7, 11) is 0. The molecule has 24 unspecified atom stereocenters. The van der Waals surface area contributed by atoms with Crippen molar-refractivity contribution in [3.63, 3.8) is 0 Å². The molecule has 0 radical (unpaired) electrons. The van der Waals surface area contributed by atoms with Gasteiger partial charge in [0.05, 0.1) is 31.5 Å². The van der Waals surface area contributed by atoms with E-state index in [4.69, 9.17) is 28.4 Å². The van der Waals surface area contributed by atoms with Crippen molar-refractivity contribution in [3.05, 3.63) is 11.6 Å². The maximum atomic E-state index is 11.4. The van der Waals surface area contributed by atoms with Gasteiger partial charge in [-0.1, -0.05) is 46.3 Å². The van der Waals surface area contributed by atoms with Crippen LogP contribution in [0.1, 0.15) is 120 Å². The first kappa shape index (κ1) is 51.9. The summed E-state index contributed by atoms with van der Waals surface area (Å²) in [5.74, 6) is 0.995. The van der Waals surface area contributed by atoms with Gasteiger partial charge in [0.1, 0.15) is 73.2 Å². The molecule has 3 aliphatic heterocycles. The third-order valence-corrected chi connectivity index (χ3v) is 18.8. The number of aliphatic hydroxyl groups excluding tert-OH is 11. The zero-order chi connectivity index (χ0) is 47.8. The van der Waals surface area contributed by atoms with Gasteiger partial charge in [0.15, 0.2) is 18.9 Å². The van der Waals surface area contributed by atoms with E-state index in [1.54, 1.807) is 0 Å². The molecule has 11 N–H and O–H groups in total. The van der Waals surface area contributed by atoms with E-state index in [9.17, 15) is 56.2 Å². The molecule has 0 aromatic rings. The molecule has 17 nitrogen and oxygen atoms in total. The Kier molecular flexibility index (Phi) is 15.4. The van der Waals surface area contributed by atoms with E-state index in [0.29, 0.717) is 24.7 Å². The first-order valence-electron chi connectivity index (χ1n) is 24.3. The minimum atomic E-state index is -1.77. The summed E-state index contributed by atoms with van der Waals surface area (Å²) in [6.07, 6.45) is -11.6. The second-order valence-electron chi connectivity index (χ2n) is 22.8. The molecule has 7 aliphatic rings. The summed E-state index contributed by atoms with van der Waals surface area (Å²) >= 11 is 0. The standard InChI is InChI=1S/C48H82O17/c1-23(2)10-9-16-48(8,65-42-39(59)36(56)33(53)27(21-50)61-42)25-13-18-46(6)24(25)11-12-30-45(5)17-15-31(44(3,4)29(45)14-19-47(30,46)7)63-43-40(37(57)34(54)28(22-51)62-43)64-41-38(58)35(55)32(52)26(20-49)60-41/h10,24-43,49-59H,9,11-22H2,1-8H3. The Morgan fingerprint density at radius 1 is 0.585 bits per heavy atom. The van der Waals surface area contributed by atoms with Crippen molar-refractivity contribution >= 4 is 0 Å². The van der Waals surface area contributed by atoms with Crippen molar-refractivity contribution in [1.82, 2.24) is 0 Å². The molecule has 0 aromatic carbocycles. The quantitative estimate of drug-likeness (QED) is 0.0908. The van der Waals surface area contributed by atoms with Crippen LogP contribution in [0.4, 0.5) is 0 Å². The second kappa shape index (κ2) is 19.3. The number of ether oxygens (including phenoxy) is 6. The van der Waals surface area contributed by atoms with E-state index in [1.165, 1.54) is 5.57 Å². The number of rotatable bonds is 13. The maximum absolute atomic E-state index is 11.4. The minimum absolute atomic E-state index is 0.0327. The lowest BCUT2D eigenvalue weighted by molar-refractivity contribution is -0.378. The molecule has 0 amide bonds. The van der Waals surface area contributed by atoms with Crippen molar-refractivity contribution in [1.29, 1.82) is 0 Å². The first-order valence-corrected chi connectivity index (χ1v) is 24.3. The van der Waals surface area contributed by atoms with E-state index in [1.807, 2.05) is 0 Å². The molecule has 0 bridgehead atoms. The Labute approximate surface area is 384 Å². The molecule has 0 spiro atoms. The molecule has 3 heterocycles. The maximum Gasteiger partial charge on any atom is 0.187 e. The average Bonchev–Trinajstić information content (AvgIpc) is 3.63. The Morgan fingerprint density at radius 2 is 1.12 bits per heavy atom. The Morgan fingerprint density at radius 3 is 1.71 bits per heavy atom. The lowest BCUT2D eigenvalue weighted by Crippen LogP contribution is -2.67. The monoisotopic (exact) mass is 931 g/mol. The molecule has 3 saturated heterocycles. The van der Waals surface area contributed by atoms with Crippen LogP contribution in [0, 0.1) is 45.3 Å². The molecule has 4 saturated carbocycles. The summed E-state index contributed by atoms with van der Waals surface area (Å²) in [5, 5.41) is 116. The van der Waals surface area contributed by atoms with Crippen LogP contribution in [0.5, 0.6) is 0 Å². The molecule has 7 rings (SSSR count). The smallest absolute Gasteiger partial charge is 0.187 e. The van der Waals surface area contributed by atoms with Gasteiger partial charge in [-0.15, -0.1) is 0 Å². The van der Waals surface area contributed by atoms with Crippen LogP contribution in [-0.2, 0) is 28.4 Å². The Bertz CT molecular complexity index is 1640. The van der Waals surface area contributed by atoms with Gasteiger partial charge in [-0.2, -0.15) is 0 Å². The molecular formula is C48H82O17. The van der Waals surface area contributed by atoms with Gasteiger partial charge in [0.2, 0.25) is 0 Å². The zero-order valence-corrected chi connectivity index (χ0v) is 39.7. The lowest BCUT2D eigenvalue weighted by atomic mass is 9.35. The predicted molar refractivity (Wildman–Crippen MR) is 232 cm³/mol. The molecule has 65 heavy (non-hydrogen) atoms. The highest BCUT2D eigenvalue weighted by molar-refractivity contribution is 5.19. The Balaban J connectivity index is 1.11. The van der Waals surface area contributed by atoms with Crippen LogP contribution in [-0.4, -0.2) is 180 Å². The number of hydrogen-bond donors (Lipinski definition) is 11. The van der Waals surface area contributed by atoms with Crippen LogP contribution < -0.4 is 0 Å². The number of aliphatic hydroxyl groups is 11. The molecule has 0 aromatic heterocycles. The fraction of sp³-hybridized carbons (Fsp3) is 0.958. The van der Waals surface area contributed by atoms with Gasteiger partial charge in [-0.25, -0.2) is 0 Å². The van der Waals surface area contributed by atoms with E-state index in [2.05, 4.69) is 61.5 Å². The van der Waals surface area contributed by atoms with Crippen molar-refractivity contribution < 1.29 is 84.6 Å². The molecular weight excluding hydrogens is 849 g/mol. The minimum Gasteiger partial charge on any atom is -0.394 e. The fourth-order valence-electron chi connectivity index (χ4n) is 14.9. The van der Waals surface area contributed by atoms with Crippen molar-refractivity contribution in [2.24, 2.45) is 45.3 Å². The van der Waals surface area contributed by atoms with Gasteiger partial charge >= 0.3 is 0 Å². The highest BCUT2D eigenvalue weighted by Crippen LogP contribution is 2.76. The summed E-state index contributed by atoms with van der Waals surface area (Å²) in [6.45, 7) is 16.3. The van der Waals surface area contributed by atoms with Crippen LogP contribution in [0.15, 0.2) is 11.6 Å². The Hall–Kier alpha value is -0.940. The van der Waals surface area contributed by atoms with Gasteiger partial charge in [-0.3, -0.25) is 0 Å². The second-order valence-corrected chi connectivity index (χ2v) is 22.8. The molecule has 7 fully saturated rings. The summed E-state index contributed by atoms with van der Waals surface area (Å²) < 4.78 is 37.4. The summed E-state index contributed by atoms with van der Waals surface area (Å²) in [6, 6.07) is 0. The third kappa shape index (κ3) is 8.84. The topological polar surface area (TPSA) is 278 Å². The van der Waals surface area contributed by atoms with E-state index >= 15 is 0 Å². The van der Waals surface area contributed by atoms with Crippen molar-refractivity contribution in [3.8, 4) is 0 Å². The normalized spacial score (nSPS) is 51.9. The van der Waals surface area contributed by atoms with Crippen LogP contribution in [0.3, 0.4) is 0 Å². The van der Waals surface area contributed by atoms with E-state index in [-0.39, 0.29) is 28.1 Å². The molecule has 4 aliphatic carbocycles. The SMILES string of the molecule is CC(C)=CCCC(C)(OC1OC(CO)C(O)C(O)C1O)C1CCC2(C)C1CCC1C3(C)CCC(OC4OC(CO)C(O)C(O)C4OC4OC(CO)C(O)C(O)C4O)C(C)(C)C3CCC12C. The van der Waals surface area contributed by atoms with Crippen LogP contribution >= 0.6 is 0 Å². The molecule has 17 heteroatoms. The van der Waals surface area contributed by atoms with E-state index in [0.717, 1.165) is 51.4 Å². The highest BCUT2D eigenvalue weighted by Gasteiger charge is 2.70. The van der Waals surface area contributed by atoms with Crippen molar-refractivity contribution in [2.45, 2.75) is 223 Å².